The molecular formula is C15H25ClN4O3. The van der Waals surface area contributed by atoms with Gasteiger partial charge in [0.15, 0.2) is 5.82 Å². The number of carbonyl (C=O) groups is 1. The van der Waals surface area contributed by atoms with Crippen molar-refractivity contribution >= 4 is 18.3 Å². The zero-order chi connectivity index (χ0) is 15.5. The van der Waals surface area contributed by atoms with Crippen molar-refractivity contribution in [3.05, 3.63) is 11.7 Å². The molecule has 2 saturated carbocycles. The van der Waals surface area contributed by atoms with Gasteiger partial charge in [0.2, 0.25) is 5.91 Å². The van der Waals surface area contributed by atoms with Crippen molar-refractivity contribution in [1.82, 2.24) is 15.5 Å². The molecule has 0 aromatic carbocycles. The van der Waals surface area contributed by atoms with Crippen LogP contribution in [0.15, 0.2) is 4.52 Å². The number of ether oxygens (including phenoxy) is 1. The summed E-state index contributed by atoms with van der Waals surface area (Å²) in [5, 5.41) is 6.82. The lowest BCUT2D eigenvalue weighted by Gasteiger charge is -2.45. The topological polar surface area (TPSA) is 103 Å². The maximum atomic E-state index is 12.1. The molecule has 23 heavy (non-hydrogen) atoms. The predicted octanol–water partition coefficient (Wildman–Crippen LogP) is 1.34. The lowest BCUT2D eigenvalue weighted by atomic mass is 9.67. The summed E-state index contributed by atoms with van der Waals surface area (Å²) < 4.78 is 10.3. The largest absolute Gasteiger partial charge is 0.362 e. The Hall–Kier alpha value is -1.18. The van der Waals surface area contributed by atoms with E-state index in [0.29, 0.717) is 29.6 Å². The van der Waals surface area contributed by atoms with Gasteiger partial charge in [0.05, 0.1) is 0 Å². The van der Waals surface area contributed by atoms with Crippen molar-refractivity contribution in [1.29, 1.82) is 0 Å². The molecule has 2 bridgehead atoms. The molecule has 8 heteroatoms. The van der Waals surface area contributed by atoms with Crippen molar-refractivity contribution in [2.24, 2.45) is 17.6 Å². The van der Waals surface area contributed by atoms with Crippen LogP contribution in [-0.4, -0.2) is 34.7 Å². The van der Waals surface area contributed by atoms with Gasteiger partial charge in [-0.3, -0.25) is 4.79 Å². The van der Waals surface area contributed by atoms with Gasteiger partial charge in [-0.25, -0.2) is 0 Å². The Bertz CT molecular complexity index is 511. The molecule has 1 amide bonds. The Morgan fingerprint density at radius 2 is 2.09 bits per heavy atom. The maximum absolute atomic E-state index is 12.1. The second-order valence-electron chi connectivity index (χ2n) is 6.50. The van der Waals surface area contributed by atoms with E-state index in [1.165, 1.54) is 6.42 Å². The molecule has 0 spiro atoms. The van der Waals surface area contributed by atoms with Crippen LogP contribution in [0.25, 0.3) is 0 Å². The third-order valence-electron chi connectivity index (χ3n) is 4.73. The average molecular weight is 345 g/mol. The minimum Gasteiger partial charge on any atom is -0.362 e. The van der Waals surface area contributed by atoms with Crippen LogP contribution in [0.2, 0.25) is 0 Å². The number of amides is 1. The van der Waals surface area contributed by atoms with Crippen molar-refractivity contribution in [3.8, 4) is 0 Å². The average Bonchev–Trinajstić information content (AvgIpc) is 2.85. The van der Waals surface area contributed by atoms with Crippen LogP contribution in [0.5, 0.6) is 0 Å². The van der Waals surface area contributed by atoms with Gasteiger partial charge < -0.3 is 20.3 Å². The SMILES string of the molecule is Cc1noc(COCC(=O)NC2C3CCCC2CC(N)C3)n1.Cl. The summed E-state index contributed by atoms with van der Waals surface area (Å²) in [4.78, 5) is 16.1. The van der Waals surface area contributed by atoms with Crippen LogP contribution in [0.3, 0.4) is 0 Å². The lowest BCUT2D eigenvalue weighted by Crippen LogP contribution is -2.54. The molecule has 1 aromatic rings. The lowest BCUT2D eigenvalue weighted by molar-refractivity contribution is -0.128. The number of aromatic nitrogens is 2. The molecule has 2 aliphatic rings. The monoisotopic (exact) mass is 344 g/mol. The van der Waals surface area contributed by atoms with E-state index in [1.807, 2.05) is 0 Å². The number of halogens is 1. The molecule has 2 unspecified atom stereocenters. The first-order valence-electron chi connectivity index (χ1n) is 8.03. The number of nitrogens with one attached hydrogen (secondary N) is 1. The first-order valence-corrected chi connectivity index (χ1v) is 8.03. The minimum atomic E-state index is -0.0754. The third kappa shape index (κ3) is 4.65. The Balaban J connectivity index is 0.00000192. The molecule has 7 nitrogen and oxygen atoms in total. The van der Waals surface area contributed by atoms with Crippen LogP contribution < -0.4 is 11.1 Å². The quantitative estimate of drug-likeness (QED) is 0.835. The Labute approximate surface area is 142 Å². The van der Waals surface area contributed by atoms with Crippen LogP contribution in [-0.2, 0) is 16.1 Å². The van der Waals surface area contributed by atoms with Crippen molar-refractivity contribution in [2.45, 2.75) is 57.7 Å². The zero-order valence-electron chi connectivity index (χ0n) is 13.4. The van der Waals surface area contributed by atoms with Crippen LogP contribution in [0.1, 0.15) is 43.8 Å². The molecule has 0 saturated heterocycles. The molecular weight excluding hydrogens is 320 g/mol. The van der Waals surface area contributed by atoms with E-state index < -0.39 is 0 Å². The van der Waals surface area contributed by atoms with Crippen molar-refractivity contribution in [3.63, 3.8) is 0 Å². The number of nitrogens with zero attached hydrogens (tertiary/aromatic N) is 2. The maximum Gasteiger partial charge on any atom is 0.252 e. The number of hydrogen-bond acceptors (Lipinski definition) is 6. The van der Waals surface area contributed by atoms with Crippen LogP contribution in [0.4, 0.5) is 0 Å². The number of rotatable bonds is 5. The van der Waals surface area contributed by atoms with Gasteiger partial charge in [-0.2, -0.15) is 4.98 Å². The van der Waals surface area contributed by atoms with Crippen molar-refractivity contribution in [2.75, 3.05) is 6.61 Å². The third-order valence-corrected chi connectivity index (χ3v) is 4.73. The van der Waals surface area contributed by atoms with Crippen molar-refractivity contribution < 1.29 is 14.1 Å². The van der Waals surface area contributed by atoms with E-state index in [9.17, 15) is 4.79 Å². The summed E-state index contributed by atoms with van der Waals surface area (Å²) >= 11 is 0. The second kappa shape index (κ2) is 8.08. The fourth-order valence-electron chi connectivity index (χ4n) is 3.88. The number of fused-ring (bicyclic) bond motifs is 2. The van der Waals surface area contributed by atoms with Gasteiger partial charge in [0, 0.05) is 12.1 Å². The van der Waals surface area contributed by atoms with E-state index in [-0.39, 0.29) is 37.6 Å². The van der Waals surface area contributed by atoms with Gasteiger partial charge in [0.1, 0.15) is 13.2 Å². The second-order valence-corrected chi connectivity index (χ2v) is 6.50. The fraction of sp³-hybridized carbons (Fsp3) is 0.800. The van der Waals surface area contributed by atoms with Crippen LogP contribution >= 0.6 is 12.4 Å². The Kier molecular flexibility index (Phi) is 6.38. The van der Waals surface area contributed by atoms with Gasteiger partial charge >= 0.3 is 0 Å². The minimum absolute atomic E-state index is 0. The summed E-state index contributed by atoms with van der Waals surface area (Å²) in [6.45, 7) is 1.92. The van der Waals surface area contributed by atoms with Crippen LogP contribution in [0, 0.1) is 18.8 Å². The molecule has 0 aliphatic heterocycles. The highest BCUT2D eigenvalue weighted by Gasteiger charge is 2.39. The molecule has 2 aliphatic carbocycles. The molecule has 1 heterocycles. The first kappa shape index (κ1) is 18.2. The highest BCUT2D eigenvalue weighted by atomic mass is 35.5. The van der Waals surface area contributed by atoms with E-state index in [4.69, 9.17) is 15.0 Å². The number of aryl methyl sites for hydroxylation is 1. The molecule has 3 N–H and O–H groups in total. The molecule has 0 radical (unpaired) electrons. The number of nitrogens with two attached hydrogens (primary N) is 1. The highest BCUT2D eigenvalue weighted by Crippen LogP contribution is 2.39. The first-order chi connectivity index (χ1) is 10.6. The predicted molar refractivity (Wildman–Crippen MR) is 85.9 cm³/mol. The van der Waals surface area contributed by atoms with Gasteiger partial charge in [0.25, 0.3) is 5.89 Å². The van der Waals surface area contributed by atoms with E-state index in [2.05, 4.69) is 15.5 Å². The summed E-state index contributed by atoms with van der Waals surface area (Å²) in [6.07, 6.45) is 5.61. The van der Waals surface area contributed by atoms with Gasteiger partial charge in [-0.15, -0.1) is 12.4 Å². The Morgan fingerprint density at radius 3 is 2.70 bits per heavy atom. The molecule has 1 aromatic heterocycles. The smallest absolute Gasteiger partial charge is 0.252 e. The molecule has 2 atom stereocenters. The summed E-state index contributed by atoms with van der Waals surface area (Å²) in [6, 6.07) is 0.552. The molecule has 130 valence electrons. The number of hydrogen-bond donors (Lipinski definition) is 2. The standard InChI is InChI=1S/C15H24N4O3.ClH/c1-9-17-14(22-19-9)8-21-7-13(20)18-15-10-3-2-4-11(15)6-12(16)5-10;/h10-12,15H,2-8,16H2,1H3,(H,18,20);1H. The highest BCUT2D eigenvalue weighted by molar-refractivity contribution is 5.85. The number of carbonyl (C=O) groups excluding carboxylic acids is 1. The Morgan fingerprint density at radius 1 is 1.39 bits per heavy atom. The molecule has 2 fully saturated rings. The molecule has 3 rings (SSSR count). The van der Waals surface area contributed by atoms with E-state index in [1.54, 1.807) is 6.92 Å². The summed E-state index contributed by atoms with van der Waals surface area (Å²) in [7, 11) is 0. The normalized spacial score (nSPS) is 29.7. The van der Waals surface area contributed by atoms with Gasteiger partial charge in [-0.1, -0.05) is 11.6 Å². The fourth-order valence-corrected chi connectivity index (χ4v) is 3.88. The zero-order valence-corrected chi connectivity index (χ0v) is 14.2. The summed E-state index contributed by atoms with van der Waals surface area (Å²) in [5.74, 6) is 1.92. The van der Waals surface area contributed by atoms with Gasteiger partial charge in [-0.05, 0) is 44.4 Å². The van der Waals surface area contributed by atoms with E-state index >= 15 is 0 Å². The summed E-state index contributed by atoms with van der Waals surface area (Å²) in [5.41, 5.74) is 6.10. The van der Waals surface area contributed by atoms with E-state index in [0.717, 1.165) is 25.7 Å².